The molecular weight excluding hydrogens is 162 g/mol. The zero-order chi connectivity index (χ0) is 9.26. The third-order valence-electron chi connectivity index (χ3n) is 2.35. The fourth-order valence-corrected chi connectivity index (χ4v) is 1.55. The van der Waals surface area contributed by atoms with E-state index >= 15 is 0 Å². The molecule has 1 fully saturated rings. The van der Waals surface area contributed by atoms with Gasteiger partial charge in [-0.1, -0.05) is 0 Å². The lowest BCUT2D eigenvalue weighted by Gasteiger charge is -2.06. The molecule has 1 aromatic rings. The second-order valence-electron chi connectivity index (χ2n) is 3.63. The molecule has 0 atom stereocenters. The molecule has 13 heavy (non-hydrogen) atoms. The van der Waals surface area contributed by atoms with Crippen molar-refractivity contribution in [3.63, 3.8) is 0 Å². The largest absolute Gasteiger partial charge is 0.316 e. The summed E-state index contributed by atoms with van der Waals surface area (Å²) in [5.41, 5.74) is 2.53. The van der Waals surface area contributed by atoms with Gasteiger partial charge in [0.25, 0.3) is 0 Å². The van der Waals surface area contributed by atoms with Crippen LogP contribution in [-0.2, 0) is 6.54 Å². The van der Waals surface area contributed by atoms with Crippen molar-refractivity contribution in [1.29, 1.82) is 0 Å². The Bertz CT molecular complexity index is 305. The summed E-state index contributed by atoms with van der Waals surface area (Å²) < 4.78 is 0. The average molecular weight is 177 g/mol. The first-order chi connectivity index (χ1) is 6.31. The summed E-state index contributed by atoms with van der Waals surface area (Å²) in [6.07, 6.45) is 4.55. The molecule has 0 aromatic carbocycles. The second-order valence-corrected chi connectivity index (χ2v) is 3.63. The van der Waals surface area contributed by atoms with Crippen molar-refractivity contribution in [2.45, 2.75) is 32.2 Å². The number of nitrogens with zero attached hydrogens (tertiary/aromatic N) is 2. The SMILES string of the molecule is CNCc1cnc(C)nc1C1CC1. The third-order valence-corrected chi connectivity index (χ3v) is 2.35. The van der Waals surface area contributed by atoms with E-state index in [4.69, 9.17) is 0 Å². The van der Waals surface area contributed by atoms with Crippen molar-refractivity contribution in [1.82, 2.24) is 15.3 Å². The standard InChI is InChI=1S/C10H15N3/c1-7-12-6-9(5-11-2)10(13-7)8-3-4-8/h6,8,11H,3-5H2,1-2H3. The lowest BCUT2D eigenvalue weighted by Crippen LogP contribution is -2.10. The van der Waals surface area contributed by atoms with Gasteiger partial charge < -0.3 is 5.32 Å². The predicted molar refractivity (Wildman–Crippen MR) is 51.5 cm³/mol. The Morgan fingerprint density at radius 1 is 1.54 bits per heavy atom. The molecule has 0 bridgehead atoms. The average Bonchev–Trinajstić information content (AvgIpc) is 2.91. The minimum absolute atomic E-state index is 0.713. The van der Waals surface area contributed by atoms with Crippen molar-refractivity contribution >= 4 is 0 Å². The van der Waals surface area contributed by atoms with Crippen LogP contribution < -0.4 is 5.32 Å². The molecule has 3 heteroatoms. The van der Waals surface area contributed by atoms with Crippen LogP contribution in [0.25, 0.3) is 0 Å². The first kappa shape index (κ1) is 8.63. The minimum Gasteiger partial charge on any atom is -0.316 e. The molecule has 0 aliphatic heterocycles. The molecule has 1 aromatic heterocycles. The van der Waals surface area contributed by atoms with Crippen molar-refractivity contribution in [2.75, 3.05) is 7.05 Å². The zero-order valence-electron chi connectivity index (χ0n) is 8.17. The van der Waals surface area contributed by atoms with Crippen LogP contribution in [0.3, 0.4) is 0 Å². The van der Waals surface area contributed by atoms with Crippen LogP contribution >= 0.6 is 0 Å². The molecule has 0 saturated heterocycles. The highest BCUT2D eigenvalue weighted by molar-refractivity contribution is 5.24. The van der Waals surface area contributed by atoms with Gasteiger partial charge in [-0.3, -0.25) is 0 Å². The Labute approximate surface area is 78.6 Å². The summed E-state index contributed by atoms with van der Waals surface area (Å²) >= 11 is 0. The maximum Gasteiger partial charge on any atom is 0.125 e. The van der Waals surface area contributed by atoms with Gasteiger partial charge in [0.1, 0.15) is 5.82 Å². The molecule has 70 valence electrons. The van der Waals surface area contributed by atoms with Crippen LogP contribution in [0.2, 0.25) is 0 Å². The molecular formula is C10H15N3. The quantitative estimate of drug-likeness (QED) is 0.758. The van der Waals surface area contributed by atoms with Crippen LogP contribution in [-0.4, -0.2) is 17.0 Å². The van der Waals surface area contributed by atoms with E-state index in [9.17, 15) is 0 Å². The molecule has 1 N–H and O–H groups in total. The number of aromatic nitrogens is 2. The molecule has 0 unspecified atom stereocenters. The fourth-order valence-electron chi connectivity index (χ4n) is 1.55. The van der Waals surface area contributed by atoms with E-state index in [2.05, 4.69) is 15.3 Å². The van der Waals surface area contributed by atoms with Gasteiger partial charge in [0.15, 0.2) is 0 Å². The number of hydrogen-bond donors (Lipinski definition) is 1. The first-order valence-electron chi connectivity index (χ1n) is 4.78. The van der Waals surface area contributed by atoms with Crippen molar-refractivity contribution in [2.24, 2.45) is 0 Å². The van der Waals surface area contributed by atoms with Gasteiger partial charge in [0.2, 0.25) is 0 Å². The molecule has 3 nitrogen and oxygen atoms in total. The summed E-state index contributed by atoms with van der Waals surface area (Å²) in [6, 6.07) is 0. The highest BCUT2D eigenvalue weighted by Crippen LogP contribution is 2.40. The lowest BCUT2D eigenvalue weighted by molar-refractivity contribution is 0.776. The zero-order valence-corrected chi connectivity index (χ0v) is 8.17. The van der Waals surface area contributed by atoms with E-state index in [-0.39, 0.29) is 0 Å². The first-order valence-corrected chi connectivity index (χ1v) is 4.78. The van der Waals surface area contributed by atoms with E-state index in [1.165, 1.54) is 24.1 Å². The molecule has 0 amide bonds. The van der Waals surface area contributed by atoms with E-state index in [0.717, 1.165) is 12.4 Å². The van der Waals surface area contributed by atoms with E-state index in [1.807, 2.05) is 20.2 Å². The third kappa shape index (κ3) is 1.86. The van der Waals surface area contributed by atoms with Crippen LogP contribution in [0.15, 0.2) is 6.20 Å². The molecule has 0 spiro atoms. The van der Waals surface area contributed by atoms with Crippen LogP contribution in [0.5, 0.6) is 0 Å². The van der Waals surface area contributed by atoms with Crippen molar-refractivity contribution in [3.8, 4) is 0 Å². The Hall–Kier alpha value is -0.960. The van der Waals surface area contributed by atoms with Gasteiger partial charge in [-0.05, 0) is 26.8 Å². The normalized spacial score (nSPS) is 16.2. The van der Waals surface area contributed by atoms with Crippen molar-refractivity contribution in [3.05, 3.63) is 23.3 Å². The fraction of sp³-hybridized carbons (Fsp3) is 0.600. The summed E-state index contributed by atoms with van der Waals surface area (Å²) in [5, 5.41) is 3.15. The Morgan fingerprint density at radius 3 is 2.92 bits per heavy atom. The topological polar surface area (TPSA) is 37.8 Å². The maximum atomic E-state index is 4.50. The summed E-state index contributed by atoms with van der Waals surface area (Å²) in [4.78, 5) is 8.72. The molecule has 1 aliphatic rings. The highest BCUT2D eigenvalue weighted by Gasteiger charge is 2.27. The Balaban J connectivity index is 2.30. The van der Waals surface area contributed by atoms with E-state index in [0.29, 0.717) is 5.92 Å². The smallest absolute Gasteiger partial charge is 0.125 e. The monoisotopic (exact) mass is 177 g/mol. The number of rotatable bonds is 3. The van der Waals surface area contributed by atoms with Crippen LogP contribution in [0.4, 0.5) is 0 Å². The predicted octanol–water partition coefficient (Wildman–Crippen LogP) is 1.38. The van der Waals surface area contributed by atoms with Gasteiger partial charge in [-0.2, -0.15) is 0 Å². The summed E-state index contributed by atoms with van der Waals surface area (Å²) in [7, 11) is 1.95. The van der Waals surface area contributed by atoms with E-state index < -0.39 is 0 Å². The highest BCUT2D eigenvalue weighted by atomic mass is 14.9. The van der Waals surface area contributed by atoms with Gasteiger partial charge in [0, 0.05) is 24.2 Å². The van der Waals surface area contributed by atoms with Gasteiger partial charge in [-0.25, -0.2) is 9.97 Å². The number of nitrogens with one attached hydrogen (secondary N) is 1. The maximum absolute atomic E-state index is 4.50. The molecule has 1 saturated carbocycles. The Kier molecular flexibility index (Phi) is 2.27. The number of hydrogen-bond acceptors (Lipinski definition) is 3. The van der Waals surface area contributed by atoms with E-state index in [1.54, 1.807) is 0 Å². The molecule has 2 rings (SSSR count). The van der Waals surface area contributed by atoms with Crippen molar-refractivity contribution < 1.29 is 0 Å². The number of aryl methyl sites for hydroxylation is 1. The van der Waals surface area contributed by atoms with Gasteiger partial charge in [0.05, 0.1) is 5.69 Å². The summed E-state index contributed by atoms with van der Waals surface area (Å²) in [6.45, 7) is 2.83. The second kappa shape index (κ2) is 3.42. The molecule has 1 aliphatic carbocycles. The van der Waals surface area contributed by atoms with Crippen LogP contribution in [0, 0.1) is 6.92 Å². The summed E-state index contributed by atoms with van der Waals surface area (Å²) in [5.74, 6) is 1.60. The van der Waals surface area contributed by atoms with Gasteiger partial charge >= 0.3 is 0 Å². The lowest BCUT2D eigenvalue weighted by atomic mass is 10.1. The molecule has 0 radical (unpaired) electrons. The Morgan fingerprint density at radius 2 is 2.31 bits per heavy atom. The molecule has 1 heterocycles. The minimum atomic E-state index is 0.713. The van der Waals surface area contributed by atoms with Crippen LogP contribution in [0.1, 0.15) is 35.8 Å². The van der Waals surface area contributed by atoms with Gasteiger partial charge in [-0.15, -0.1) is 0 Å².